The summed E-state index contributed by atoms with van der Waals surface area (Å²) < 4.78 is 24.9. The standard InChI is InChI=1S/C8H8F2INO/c9-8(10)6(12)4-2-1-3-5(11)7(4)13/h1-3,6,8,13H,12H2/t6-/m1/s1. The van der Waals surface area contributed by atoms with Gasteiger partial charge in [-0.2, -0.15) is 0 Å². The van der Waals surface area contributed by atoms with E-state index in [2.05, 4.69) is 0 Å². The number of phenolic OH excluding ortho intramolecular Hbond substituents is 1. The second kappa shape index (κ2) is 4.19. The predicted octanol–water partition coefficient (Wildman–Crippen LogP) is 2.26. The third-order valence-corrected chi connectivity index (χ3v) is 2.52. The third-order valence-electron chi connectivity index (χ3n) is 1.65. The molecule has 0 aliphatic rings. The minimum Gasteiger partial charge on any atom is -0.506 e. The molecule has 0 aromatic heterocycles. The van der Waals surface area contributed by atoms with Gasteiger partial charge in [-0.1, -0.05) is 12.1 Å². The van der Waals surface area contributed by atoms with Crippen molar-refractivity contribution in [3.05, 3.63) is 27.3 Å². The Bertz CT molecular complexity index is 306. The van der Waals surface area contributed by atoms with Gasteiger partial charge in [-0.05, 0) is 28.7 Å². The molecule has 0 bridgehead atoms. The Hall–Kier alpha value is -0.430. The number of benzene rings is 1. The summed E-state index contributed by atoms with van der Waals surface area (Å²) in [4.78, 5) is 0. The van der Waals surface area contributed by atoms with Crippen LogP contribution in [0, 0.1) is 3.57 Å². The molecule has 2 nitrogen and oxygen atoms in total. The van der Waals surface area contributed by atoms with Crippen LogP contribution >= 0.6 is 22.6 Å². The molecule has 1 aromatic carbocycles. The van der Waals surface area contributed by atoms with Crippen LogP contribution in [0.5, 0.6) is 5.75 Å². The maximum absolute atomic E-state index is 12.2. The van der Waals surface area contributed by atoms with Crippen molar-refractivity contribution >= 4 is 22.6 Å². The molecule has 0 fully saturated rings. The largest absolute Gasteiger partial charge is 0.506 e. The maximum Gasteiger partial charge on any atom is 0.257 e. The molecule has 0 radical (unpaired) electrons. The van der Waals surface area contributed by atoms with Crippen LogP contribution in [0.1, 0.15) is 11.6 Å². The van der Waals surface area contributed by atoms with Crippen molar-refractivity contribution in [1.82, 2.24) is 0 Å². The second-order valence-corrected chi connectivity index (χ2v) is 3.70. The molecular weight excluding hydrogens is 291 g/mol. The highest BCUT2D eigenvalue weighted by Gasteiger charge is 2.21. The van der Waals surface area contributed by atoms with Gasteiger partial charge >= 0.3 is 0 Å². The molecule has 0 aliphatic carbocycles. The first-order valence-electron chi connectivity index (χ1n) is 3.55. The van der Waals surface area contributed by atoms with E-state index in [4.69, 9.17) is 5.73 Å². The summed E-state index contributed by atoms with van der Waals surface area (Å²) >= 11 is 1.86. The van der Waals surface area contributed by atoms with Gasteiger partial charge in [0.05, 0.1) is 9.61 Å². The Morgan fingerprint density at radius 1 is 1.38 bits per heavy atom. The quantitative estimate of drug-likeness (QED) is 0.823. The molecule has 0 aliphatic heterocycles. The molecule has 0 spiro atoms. The highest BCUT2D eigenvalue weighted by atomic mass is 127. The van der Waals surface area contributed by atoms with Gasteiger partial charge in [0.15, 0.2) is 0 Å². The minimum atomic E-state index is -2.66. The number of hydrogen-bond acceptors (Lipinski definition) is 2. The molecule has 3 N–H and O–H groups in total. The lowest BCUT2D eigenvalue weighted by Gasteiger charge is -2.12. The fraction of sp³-hybridized carbons (Fsp3) is 0.250. The zero-order chi connectivity index (χ0) is 10.0. The summed E-state index contributed by atoms with van der Waals surface area (Å²) in [5, 5.41) is 9.40. The van der Waals surface area contributed by atoms with Crippen LogP contribution in [0.4, 0.5) is 8.78 Å². The topological polar surface area (TPSA) is 46.2 Å². The fourth-order valence-electron chi connectivity index (χ4n) is 0.937. The Morgan fingerprint density at radius 3 is 2.54 bits per heavy atom. The molecule has 1 aromatic rings. The molecule has 1 atom stereocenters. The normalized spacial score (nSPS) is 13.3. The van der Waals surface area contributed by atoms with Crippen LogP contribution in [0.3, 0.4) is 0 Å². The van der Waals surface area contributed by atoms with Gasteiger partial charge in [0.2, 0.25) is 0 Å². The Labute approximate surface area is 87.9 Å². The van der Waals surface area contributed by atoms with E-state index in [1.807, 2.05) is 22.6 Å². The highest BCUT2D eigenvalue weighted by Crippen LogP contribution is 2.30. The van der Waals surface area contributed by atoms with Crippen molar-refractivity contribution in [2.45, 2.75) is 12.5 Å². The summed E-state index contributed by atoms with van der Waals surface area (Å²) in [6.45, 7) is 0. The summed E-state index contributed by atoms with van der Waals surface area (Å²) in [6, 6.07) is 3.18. The second-order valence-electron chi connectivity index (χ2n) is 2.54. The SMILES string of the molecule is N[C@H](c1cccc(I)c1O)C(F)F. The van der Waals surface area contributed by atoms with E-state index in [1.54, 1.807) is 12.1 Å². The molecule has 0 unspecified atom stereocenters. The summed E-state index contributed by atoms with van der Waals surface area (Å²) in [6.07, 6.45) is -2.66. The van der Waals surface area contributed by atoms with Crippen LogP contribution < -0.4 is 5.73 Å². The van der Waals surface area contributed by atoms with E-state index in [0.29, 0.717) is 3.57 Å². The first-order valence-corrected chi connectivity index (χ1v) is 4.63. The number of nitrogens with two attached hydrogens (primary N) is 1. The molecule has 72 valence electrons. The van der Waals surface area contributed by atoms with Gasteiger partial charge in [0.25, 0.3) is 6.43 Å². The van der Waals surface area contributed by atoms with Crippen LogP contribution in [0.25, 0.3) is 0 Å². The van der Waals surface area contributed by atoms with Crippen LogP contribution in [-0.4, -0.2) is 11.5 Å². The van der Waals surface area contributed by atoms with Crippen LogP contribution in [0.2, 0.25) is 0 Å². The van der Waals surface area contributed by atoms with Crippen LogP contribution in [-0.2, 0) is 0 Å². The van der Waals surface area contributed by atoms with E-state index in [-0.39, 0.29) is 11.3 Å². The number of hydrogen-bond donors (Lipinski definition) is 2. The predicted molar refractivity (Wildman–Crippen MR) is 53.8 cm³/mol. The first kappa shape index (κ1) is 10.6. The Kier molecular flexibility index (Phi) is 3.43. The summed E-state index contributed by atoms with van der Waals surface area (Å²) in [7, 11) is 0. The van der Waals surface area contributed by atoms with E-state index in [9.17, 15) is 13.9 Å². The number of rotatable bonds is 2. The van der Waals surface area contributed by atoms with E-state index in [1.165, 1.54) is 6.07 Å². The zero-order valence-corrected chi connectivity index (χ0v) is 8.70. The Balaban J connectivity index is 3.07. The zero-order valence-electron chi connectivity index (χ0n) is 6.55. The lowest BCUT2D eigenvalue weighted by atomic mass is 10.1. The van der Waals surface area contributed by atoms with E-state index >= 15 is 0 Å². The van der Waals surface area contributed by atoms with Gasteiger partial charge in [0, 0.05) is 5.56 Å². The first-order chi connectivity index (χ1) is 6.04. The summed E-state index contributed by atoms with van der Waals surface area (Å²) in [5.74, 6) is -0.157. The van der Waals surface area contributed by atoms with Crippen molar-refractivity contribution in [3.63, 3.8) is 0 Å². The van der Waals surface area contributed by atoms with Crippen molar-refractivity contribution in [3.8, 4) is 5.75 Å². The summed E-state index contributed by atoms with van der Waals surface area (Å²) in [5.41, 5.74) is 5.28. The maximum atomic E-state index is 12.2. The number of aromatic hydroxyl groups is 1. The monoisotopic (exact) mass is 299 g/mol. The van der Waals surface area contributed by atoms with Crippen molar-refractivity contribution in [2.24, 2.45) is 5.73 Å². The number of alkyl halides is 2. The minimum absolute atomic E-state index is 0.0851. The number of para-hydroxylation sites is 1. The van der Waals surface area contributed by atoms with Gasteiger partial charge < -0.3 is 10.8 Å². The molecule has 1 rings (SSSR count). The van der Waals surface area contributed by atoms with Crippen LogP contribution in [0.15, 0.2) is 18.2 Å². The molecule has 0 heterocycles. The smallest absolute Gasteiger partial charge is 0.257 e. The molecule has 0 saturated carbocycles. The third kappa shape index (κ3) is 2.28. The number of halogens is 3. The average molecular weight is 299 g/mol. The molecule has 13 heavy (non-hydrogen) atoms. The van der Waals surface area contributed by atoms with E-state index in [0.717, 1.165) is 0 Å². The van der Waals surface area contributed by atoms with Gasteiger partial charge in [-0.3, -0.25) is 0 Å². The van der Waals surface area contributed by atoms with Gasteiger partial charge in [-0.15, -0.1) is 0 Å². The van der Waals surface area contributed by atoms with Crippen molar-refractivity contribution in [1.29, 1.82) is 0 Å². The van der Waals surface area contributed by atoms with E-state index < -0.39 is 12.5 Å². The van der Waals surface area contributed by atoms with Gasteiger partial charge in [-0.25, -0.2) is 8.78 Å². The molecular formula is C8H8F2INO. The molecule has 0 amide bonds. The molecule has 5 heteroatoms. The molecule has 0 saturated heterocycles. The van der Waals surface area contributed by atoms with Crippen molar-refractivity contribution in [2.75, 3.05) is 0 Å². The van der Waals surface area contributed by atoms with Gasteiger partial charge in [0.1, 0.15) is 5.75 Å². The van der Waals surface area contributed by atoms with Crippen molar-refractivity contribution < 1.29 is 13.9 Å². The lowest BCUT2D eigenvalue weighted by Crippen LogP contribution is -2.19. The highest BCUT2D eigenvalue weighted by molar-refractivity contribution is 14.1. The Morgan fingerprint density at radius 2 is 2.00 bits per heavy atom. The number of phenols is 1. The average Bonchev–Trinajstić information content (AvgIpc) is 2.08. The lowest BCUT2D eigenvalue weighted by molar-refractivity contribution is 0.115. The fourth-order valence-corrected chi connectivity index (χ4v) is 1.46.